The van der Waals surface area contributed by atoms with Gasteiger partial charge >= 0.3 is 0 Å². The number of hydrogen-bond donors (Lipinski definition) is 0. The van der Waals surface area contributed by atoms with E-state index < -0.39 is 0 Å². The summed E-state index contributed by atoms with van der Waals surface area (Å²) in [5.41, 5.74) is 0. The van der Waals surface area contributed by atoms with Crippen molar-refractivity contribution >= 4 is 31.9 Å². The van der Waals surface area contributed by atoms with Crippen LogP contribution in [0.2, 0.25) is 0 Å². The van der Waals surface area contributed by atoms with Crippen LogP contribution in [-0.4, -0.2) is 37.6 Å². The lowest BCUT2D eigenvalue weighted by molar-refractivity contribution is 0.0678. The molecule has 0 N–H and O–H groups in total. The zero-order chi connectivity index (χ0) is 9.94. The topological polar surface area (TPSA) is 18.5 Å². The maximum absolute atomic E-state index is 5.36. The summed E-state index contributed by atoms with van der Waals surface area (Å²) in [6.07, 6.45) is 2.34. The van der Waals surface area contributed by atoms with Gasteiger partial charge in [-0.2, -0.15) is 0 Å². The molecule has 0 saturated heterocycles. The number of methoxy groups -OCH3 is 1. The van der Waals surface area contributed by atoms with Crippen LogP contribution in [0.1, 0.15) is 12.8 Å². The molecular formula is C9H18Br2O2. The van der Waals surface area contributed by atoms with Gasteiger partial charge in [0.1, 0.15) is 0 Å². The zero-order valence-corrected chi connectivity index (χ0v) is 11.3. The average Bonchev–Trinajstić information content (AvgIpc) is 2.17. The van der Waals surface area contributed by atoms with Gasteiger partial charge in [-0.1, -0.05) is 31.9 Å². The van der Waals surface area contributed by atoms with E-state index in [0.717, 1.165) is 29.6 Å². The monoisotopic (exact) mass is 316 g/mol. The molecule has 0 aromatic rings. The minimum atomic E-state index is 0.695. The van der Waals surface area contributed by atoms with Crippen LogP contribution in [0.4, 0.5) is 0 Å². The first kappa shape index (κ1) is 13.9. The van der Waals surface area contributed by atoms with Crippen molar-refractivity contribution in [3.63, 3.8) is 0 Å². The Kier molecular flexibility index (Phi) is 11.7. The van der Waals surface area contributed by atoms with E-state index in [1.807, 2.05) is 0 Å². The molecule has 0 unspecified atom stereocenters. The van der Waals surface area contributed by atoms with Gasteiger partial charge in [-0.3, -0.25) is 0 Å². The second-order valence-electron chi connectivity index (χ2n) is 2.92. The molecule has 0 radical (unpaired) electrons. The normalized spacial score (nSPS) is 11.1. The van der Waals surface area contributed by atoms with Crippen LogP contribution >= 0.6 is 31.9 Å². The number of ether oxygens (including phenoxy) is 2. The standard InChI is InChI=1S/C9H18Br2O2/c1-12-5-6-13-4-2-3-9(7-10)8-11/h9H,2-8H2,1H3. The van der Waals surface area contributed by atoms with Crippen molar-refractivity contribution in [2.45, 2.75) is 12.8 Å². The van der Waals surface area contributed by atoms with Crippen LogP contribution in [0, 0.1) is 5.92 Å². The van der Waals surface area contributed by atoms with Crippen LogP contribution in [0.15, 0.2) is 0 Å². The van der Waals surface area contributed by atoms with Gasteiger partial charge in [-0.25, -0.2) is 0 Å². The molecule has 0 aliphatic rings. The third-order valence-corrected chi connectivity index (χ3v) is 3.60. The molecule has 0 aliphatic heterocycles. The van der Waals surface area contributed by atoms with Crippen LogP contribution in [0.25, 0.3) is 0 Å². The summed E-state index contributed by atoms with van der Waals surface area (Å²) >= 11 is 6.96. The van der Waals surface area contributed by atoms with E-state index in [9.17, 15) is 0 Å². The molecule has 80 valence electrons. The van der Waals surface area contributed by atoms with Crippen molar-refractivity contribution in [1.82, 2.24) is 0 Å². The van der Waals surface area contributed by atoms with Crippen molar-refractivity contribution < 1.29 is 9.47 Å². The summed E-state index contributed by atoms with van der Waals surface area (Å²) in [5, 5.41) is 2.13. The maximum atomic E-state index is 5.36. The minimum absolute atomic E-state index is 0.695. The van der Waals surface area contributed by atoms with E-state index in [0.29, 0.717) is 13.2 Å². The fraction of sp³-hybridized carbons (Fsp3) is 1.00. The van der Waals surface area contributed by atoms with Crippen molar-refractivity contribution in [1.29, 1.82) is 0 Å². The number of rotatable bonds is 9. The molecule has 0 amide bonds. The predicted octanol–water partition coefficient (Wildman–Crippen LogP) is 2.84. The van der Waals surface area contributed by atoms with Gasteiger partial charge in [0.25, 0.3) is 0 Å². The van der Waals surface area contributed by atoms with E-state index in [1.165, 1.54) is 6.42 Å². The molecule has 0 bridgehead atoms. The van der Waals surface area contributed by atoms with Gasteiger partial charge in [0.15, 0.2) is 0 Å². The third kappa shape index (κ3) is 9.19. The molecule has 0 saturated carbocycles. The molecule has 0 heterocycles. The first-order valence-electron chi connectivity index (χ1n) is 4.53. The van der Waals surface area contributed by atoms with Gasteiger partial charge in [0, 0.05) is 24.4 Å². The quantitative estimate of drug-likeness (QED) is 0.481. The lowest BCUT2D eigenvalue weighted by atomic mass is 10.1. The average molecular weight is 318 g/mol. The molecule has 0 aromatic heterocycles. The maximum Gasteiger partial charge on any atom is 0.0700 e. The summed E-state index contributed by atoms with van der Waals surface area (Å²) in [5.74, 6) is 0.728. The highest BCUT2D eigenvalue weighted by Gasteiger charge is 2.03. The van der Waals surface area contributed by atoms with E-state index >= 15 is 0 Å². The van der Waals surface area contributed by atoms with Gasteiger partial charge in [-0.15, -0.1) is 0 Å². The zero-order valence-electron chi connectivity index (χ0n) is 8.10. The van der Waals surface area contributed by atoms with Gasteiger partial charge in [0.2, 0.25) is 0 Å². The molecular weight excluding hydrogens is 300 g/mol. The Morgan fingerprint density at radius 3 is 2.31 bits per heavy atom. The van der Waals surface area contributed by atoms with Crippen molar-refractivity contribution in [3.05, 3.63) is 0 Å². The summed E-state index contributed by atoms with van der Waals surface area (Å²) in [6.45, 7) is 2.25. The first-order valence-corrected chi connectivity index (χ1v) is 6.78. The molecule has 0 atom stereocenters. The summed E-state index contributed by atoms with van der Waals surface area (Å²) < 4.78 is 10.2. The SMILES string of the molecule is COCCOCCCC(CBr)CBr. The summed E-state index contributed by atoms with van der Waals surface area (Å²) in [4.78, 5) is 0. The number of alkyl halides is 2. The van der Waals surface area contributed by atoms with E-state index in [2.05, 4.69) is 31.9 Å². The van der Waals surface area contributed by atoms with Crippen molar-refractivity contribution in [3.8, 4) is 0 Å². The molecule has 0 aliphatic carbocycles. The number of halogens is 2. The Morgan fingerprint density at radius 1 is 1.08 bits per heavy atom. The lowest BCUT2D eigenvalue weighted by Gasteiger charge is -2.09. The molecule has 13 heavy (non-hydrogen) atoms. The highest BCUT2D eigenvalue weighted by molar-refractivity contribution is 9.09. The Morgan fingerprint density at radius 2 is 1.77 bits per heavy atom. The van der Waals surface area contributed by atoms with Gasteiger partial charge < -0.3 is 9.47 Å². The largest absolute Gasteiger partial charge is 0.382 e. The van der Waals surface area contributed by atoms with E-state index in [1.54, 1.807) is 7.11 Å². The second-order valence-corrected chi connectivity index (χ2v) is 4.22. The van der Waals surface area contributed by atoms with E-state index in [-0.39, 0.29) is 0 Å². The Hall–Kier alpha value is 0.880. The molecule has 4 heteroatoms. The molecule has 0 fully saturated rings. The highest BCUT2D eigenvalue weighted by Crippen LogP contribution is 2.12. The van der Waals surface area contributed by atoms with Crippen LogP contribution in [-0.2, 0) is 9.47 Å². The van der Waals surface area contributed by atoms with Gasteiger partial charge in [0.05, 0.1) is 13.2 Å². The first-order chi connectivity index (χ1) is 6.35. The van der Waals surface area contributed by atoms with Crippen LogP contribution in [0.5, 0.6) is 0 Å². The summed E-state index contributed by atoms with van der Waals surface area (Å²) in [7, 11) is 1.69. The summed E-state index contributed by atoms with van der Waals surface area (Å²) in [6, 6.07) is 0. The predicted molar refractivity (Wildman–Crippen MR) is 63.0 cm³/mol. The van der Waals surface area contributed by atoms with Crippen molar-refractivity contribution in [2.75, 3.05) is 37.6 Å². The van der Waals surface area contributed by atoms with E-state index in [4.69, 9.17) is 9.47 Å². The molecule has 0 aromatic carbocycles. The fourth-order valence-corrected chi connectivity index (χ4v) is 2.63. The lowest BCUT2D eigenvalue weighted by Crippen LogP contribution is -2.07. The molecule has 0 rings (SSSR count). The molecule has 2 nitrogen and oxygen atoms in total. The highest BCUT2D eigenvalue weighted by atomic mass is 79.9. The Labute approximate surface area is 97.6 Å². The molecule has 0 spiro atoms. The van der Waals surface area contributed by atoms with Crippen LogP contribution in [0.3, 0.4) is 0 Å². The second kappa shape index (κ2) is 11.0. The Balaban J connectivity index is 3.05. The van der Waals surface area contributed by atoms with Crippen molar-refractivity contribution in [2.24, 2.45) is 5.92 Å². The fourth-order valence-electron chi connectivity index (χ4n) is 0.914. The van der Waals surface area contributed by atoms with Gasteiger partial charge in [-0.05, 0) is 18.8 Å². The Bertz CT molecular complexity index is 97.6. The smallest absolute Gasteiger partial charge is 0.0700 e. The minimum Gasteiger partial charge on any atom is -0.382 e. The number of hydrogen-bond acceptors (Lipinski definition) is 2. The van der Waals surface area contributed by atoms with Crippen LogP contribution < -0.4 is 0 Å². The third-order valence-electron chi connectivity index (χ3n) is 1.77.